The van der Waals surface area contributed by atoms with E-state index in [2.05, 4.69) is 56.5 Å². The third-order valence-electron chi connectivity index (χ3n) is 5.43. The van der Waals surface area contributed by atoms with Gasteiger partial charge in [-0.15, -0.1) is 0 Å². The Balaban J connectivity index is 1.61. The summed E-state index contributed by atoms with van der Waals surface area (Å²) in [5.41, 5.74) is 4.84. The molecule has 0 saturated heterocycles. The fourth-order valence-corrected chi connectivity index (χ4v) is 4.15. The second-order valence-corrected chi connectivity index (χ2v) is 8.64. The van der Waals surface area contributed by atoms with Crippen LogP contribution in [0.15, 0.2) is 42.5 Å². The minimum absolute atomic E-state index is 0.172. The minimum atomic E-state index is 0.172. The van der Waals surface area contributed by atoms with Gasteiger partial charge in [-0.25, -0.2) is 0 Å². The van der Waals surface area contributed by atoms with Gasteiger partial charge in [0.05, 0.1) is 12.1 Å². The molecule has 0 bridgehead atoms. The van der Waals surface area contributed by atoms with E-state index in [9.17, 15) is 0 Å². The van der Waals surface area contributed by atoms with Crippen LogP contribution in [-0.4, -0.2) is 11.2 Å². The van der Waals surface area contributed by atoms with Crippen LogP contribution in [0.4, 0.5) is 5.69 Å². The fraction of sp³-hybridized carbons (Fsp3) is 0.458. The van der Waals surface area contributed by atoms with E-state index in [1.54, 1.807) is 0 Å². The lowest BCUT2D eigenvalue weighted by Crippen LogP contribution is -2.35. The lowest BCUT2D eigenvalue weighted by Gasteiger charge is -2.26. The van der Waals surface area contributed by atoms with E-state index in [4.69, 9.17) is 17.0 Å². The van der Waals surface area contributed by atoms with Crippen LogP contribution in [0, 0.1) is 19.8 Å². The van der Waals surface area contributed by atoms with E-state index in [1.807, 2.05) is 24.3 Å². The Bertz CT molecular complexity index is 795. The average Bonchev–Trinajstić information content (AvgIpc) is 3.15. The number of benzene rings is 2. The van der Waals surface area contributed by atoms with Crippen molar-refractivity contribution in [3.05, 3.63) is 59.2 Å². The third-order valence-corrected chi connectivity index (χ3v) is 5.65. The van der Waals surface area contributed by atoms with Crippen LogP contribution in [0.2, 0.25) is 0 Å². The SMILES string of the molecule is Cc1ccc([C@H](NC(=S)Nc2ccc(OC3CCCC3)cc2)C(C)C)c(C)c1. The highest BCUT2D eigenvalue weighted by Gasteiger charge is 2.19. The first-order valence-corrected chi connectivity index (χ1v) is 10.7. The van der Waals surface area contributed by atoms with E-state index in [1.165, 1.54) is 42.4 Å². The molecule has 0 aliphatic heterocycles. The number of rotatable bonds is 6. The van der Waals surface area contributed by atoms with Gasteiger partial charge in [-0.05, 0) is 93.1 Å². The van der Waals surface area contributed by atoms with Crippen LogP contribution in [0.25, 0.3) is 0 Å². The molecular formula is C24H32N2OS. The van der Waals surface area contributed by atoms with E-state index >= 15 is 0 Å². The summed E-state index contributed by atoms with van der Waals surface area (Å²) in [5.74, 6) is 1.36. The highest BCUT2D eigenvalue weighted by molar-refractivity contribution is 7.80. The first-order chi connectivity index (χ1) is 13.4. The van der Waals surface area contributed by atoms with Crippen molar-refractivity contribution >= 4 is 23.0 Å². The Hall–Kier alpha value is -2.07. The quantitative estimate of drug-likeness (QED) is 0.561. The molecule has 3 rings (SSSR count). The molecule has 0 aromatic heterocycles. The smallest absolute Gasteiger partial charge is 0.171 e. The molecule has 28 heavy (non-hydrogen) atoms. The van der Waals surface area contributed by atoms with E-state index < -0.39 is 0 Å². The number of thiocarbonyl (C=S) groups is 1. The second-order valence-electron chi connectivity index (χ2n) is 8.23. The van der Waals surface area contributed by atoms with Crippen molar-refractivity contribution < 1.29 is 4.74 Å². The summed E-state index contributed by atoms with van der Waals surface area (Å²) in [6.07, 6.45) is 5.28. The molecule has 3 nitrogen and oxygen atoms in total. The maximum atomic E-state index is 6.04. The van der Waals surface area contributed by atoms with Gasteiger partial charge in [0.1, 0.15) is 5.75 Å². The Morgan fingerprint density at radius 3 is 2.32 bits per heavy atom. The molecule has 0 amide bonds. The monoisotopic (exact) mass is 396 g/mol. The van der Waals surface area contributed by atoms with Crippen molar-refractivity contribution in [2.45, 2.75) is 65.5 Å². The van der Waals surface area contributed by atoms with Gasteiger partial charge in [-0.2, -0.15) is 0 Å². The van der Waals surface area contributed by atoms with Gasteiger partial charge in [0.2, 0.25) is 0 Å². The summed E-state index contributed by atoms with van der Waals surface area (Å²) in [5, 5.41) is 7.46. The highest BCUT2D eigenvalue weighted by atomic mass is 32.1. The molecule has 1 saturated carbocycles. The van der Waals surface area contributed by atoms with Crippen LogP contribution < -0.4 is 15.4 Å². The van der Waals surface area contributed by atoms with Crippen LogP contribution >= 0.6 is 12.2 Å². The van der Waals surface area contributed by atoms with Crippen molar-refractivity contribution in [1.82, 2.24) is 5.32 Å². The minimum Gasteiger partial charge on any atom is -0.490 e. The fourth-order valence-electron chi connectivity index (χ4n) is 3.90. The Labute approximate surface area is 174 Å². The van der Waals surface area contributed by atoms with Crippen LogP contribution in [0.5, 0.6) is 5.75 Å². The summed E-state index contributed by atoms with van der Waals surface area (Å²) >= 11 is 5.60. The molecule has 2 N–H and O–H groups in total. The lowest BCUT2D eigenvalue weighted by molar-refractivity contribution is 0.210. The molecule has 1 aliphatic rings. The van der Waals surface area contributed by atoms with E-state index in [-0.39, 0.29) is 6.04 Å². The Morgan fingerprint density at radius 2 is 1.71 bits per heavy atom. The average molecular weight is 397 g/mol. The predicted octanol–water partition coefficient (Wildman–Crippen LogP) is 6.31. The molecule has 2 aromatic rings. The molecule has 1 aliphatic carbocycles. The summed E-state index contributed by atoms with van der Waals surface area (Å²) in [6.45, 7) is 8.73. The van der Waals surface area contributed by atoms with Crippen molar-refractivity contribution in [3.63, 3.8) is 0 Å². The number of anilines is 1. The van der Waals surface area contributed by atoms with Crippen LogP contribution in [0.1, 0.15) is 62.3 Å². The highest BCUT2D eigenvalue weighted by Crippen LogP contribution is 2.27. The molecule has 4 heteroatoms. The topological polar surface area (TPSA) is 33.3 Å². The summed E-state index contributed by atoms with van der Waals surface area (Å²) in [4.78, 5) is 0. The normalized spacial score (nSPS) is 15.5. The number of hydrogen-bond donors (Lipinski definition) is 2. The zero-order valence-corrected chi connectivity index (χ0v) is 18.2. The first-order valence-electron chi connectivity index (χ1n) is 10.3. The van der Waals surface area contributed by atoms with Gasteiger partial charge in [0, 0.05) is 5.69 Å². The zero-order valence-electron chi connectivity index (χ0n) is 17.4. The molecule has 0 heterocycles. The Morgan fingerprint density at radius 1 is 1.04 bits per heavy atom. The zero-order chi connectivity index (χ0) is 20.1. The van der Waals surface area contributed by atoms with Crippen molar-refractivity contribution in [2.24, 2.45) is 5.92 Å². The van der Waals surface area contributed by atoms with Gasteiger partial charge in [0.25, 0.3) is 0 Å². The van der Waals surface area contributed by atoms with Crippen molar-refractivity contribution in [1.29, 1.82) is 0 Å². The predicted molar refractivity (Wildman–Crippen MR) is 122 cm³/mol. The molecule has 0 spiro atoms. The maximum Gasteiger partial charge on any atom is 0.171 e. The van der Waals surface area contributed by atoms with Crippen LogP contribution in [0.3, 0.4) is 0 Å². The summed E-state index contributed by atoms with van der Waals surface area (Å²) in [7, 11) is 0. The number of hydrogen-bond acceptors (Lipinski definition) is 2. The molecular weight excluding hydrogens is 364 g/mol. The standard InChI is InChI=1S/C24H32N2OS/c1-16(2)23(22-14-9-17(3)15-18(22)4)26-24(28)25-19-10-12-21(13-11-19)27-20-7-5-6-8-20/h9-16,20,23H,5-8H2,1-4H3,(H2,25,26,28)/t23-/m1/s1. The van der Waals surface area contributed by atoms with Gasteiger partial charge in [-0.1, -0.05) is 37.6 Å². The number of aryl methyl sites for hydroxylation is 2. The maximum absolute atomic E-state index is 6.04. The van der Waals surface area contributed by atoms with Gasteiger partial charge >= 0.3 is 0 Å². The molecule has 2 aromatic carbocycles. The Kier molecular flexibility index (Phi) is 6.95. The number of nitrogens with one attached hydrogen (secondary N) is 2. The largest absolute Gasteiger partial charge is 0.490 e. The summed E-state index contributed by atoms with van der Waals surface area (Å²) in [6, 6.07) is 14.9. The van der Waals surface area contributed by atoms with Gasteiger partial charge < -0.3 is 15.4 Å². The van der Waals surface area contributed by atoms with Crippen molar-refractivity contribution in [3.8, 4) is 5.75 Å². The second kappa shape index (κ2) is 9.42. The van der Waals surface area contributed by atoms with Gasteiger partial charge in [-0.3, -0.25) is 0 Å². The number of ether oxygens (including phenoxy) is 1. The summed E-state index contributed by atoms with van der Waals surface area (Å²) < 4.78 is 6.04. The van der Waals surface area contributed by atoms with Gasteiger partial charge in [0.15, 0.2) is 5.11 Å². The van der Waals surface area contributed by atoms with Crippen molar-refractivity contribution in [2.75, 3.05) is 5.32 Å². The van der Waals surface area contributed by atoms with E-state index in [0.717, 1.165) is 11.4 Å². The van der Waals surface area contributed by atoms with Crippen LogP contribution in [-0.2, 0) is 0 Å². The molecule has 1 fully saturated rings. The molecule has 0 unspecified atom stereocenters. The van der Waals surface area contributed by atoms with E-state index in [0.29, 0.717) is 17.1 Å². The molecule has 1 atom stereocenters. The first kappa shape index (κ1) is 20.7. The molecule has 150 valence electrons. The third kappa shape index (κ3) is 5.48. The lowest BCUT2D eigenvalue weighted by atomic mass is 9.92. The molecule has 0 radical (unpaired) electrons.